The molecule has 1 saturated carbocycles. The van der Waals surface area contributed by atoms with Gasteiger partial charge in [-0.1, -0.05) is 83.4 Å². The number of aromatic nitrogens is 2. The van der Waals surface area contributed by atoms with Crippen LogP contribution in [-0.2, 0) is 14.9 Å². The Labute approximate surface area is 235 Å². The van der Waals surface area contributed by atoms with E-state index in [1.807, 2.05) is 85.8 Å². The van der Waals surface area contributed by atoms with E-state index in [0.717, 1.165) is 39.3 Å². The number of anilines is 1. The number of carbonyl (C=O) groups is 2. The van der Waals surface area contributed by atoms with Crippen LogP contribution in [0.4, 0.5) is 9.80 Å². The number of carboxylic acids is 1. The molecule has 1 amide bonds. The summed E-state index contributed by atoms with van der Waals surface area (Å²) in [6, 6.07) is 24.8. The van der Waals surface area contributed by atoms with Gasteiger partial charge in [-0.15, -0.1) is 5.10 Å². The van der Waals surface area contributed by atoms with Crippen LogP contribution in [0.2, 0.25) is 0 Å². The molecule has 0 saturated heterocycles. The molecule has 0 bridgehead atoms. The van der Waals surface area contributed by atoms with Crippen molar-refractivity contribution >= 4 is 28.6 Å². The van der Waals surface area contributed by atoms with Crippen LogP contribution in [-0.4, -0.2) is 21.6 Å². The van der Waals surface area contributed by atoms with Gasteiger partial charge in [0, 0.05) is 22.5 Å². The van der Waals surface area contributed by atoms with E-state index in [1.54, 1.807) is 0 Å². The standard InChI is InChI=1S/C27H23N3O4S.Na/c1-17(18-5-3-2-4-6-18)34-26(33)28-24-23(29-30-35-24)21-9-7-19(8-10-21)20-11-13-22(14-12-20)27(15-16-27)25(31)32;/h2-14,17H,15-16H2,1H3,(H,28,33)(H,31,32);/q;+1/p-1/t17-;/m1./s1. The molecule has 1 heterocycles. The SMILES string of the molecule is C[C@@H](OC(=O)Nc1snnc1-c1ccc(-c2ccc(C3(C(=O)[O-])CC3)cc2)cc1)c1ccccc1.[Na+]. The topological polar surface area (TPSA) is 104 Å². The number of nitrogens with one attached hydrogen (secondary N) is 1. The van der Waals surface area contributed by atoms with Crippen LogP contribution in [0, 0.1) is 0 Å². The zero-order valence-corrected chi connectivity index (χ0v) is 22.7. The number of nitrogens with zero attached hydrogens (tertiary/aromatic N) is 2. The summed E-state index contributed by atoms with van der Waals surface area (Å²) in [5, 5.41) is 18.9. The summed E-state index contributed by atoms with van der Waals surface area (Å²) < 4.78 is 9.48. The van der Waals surface area contributed by atoms with Gasteiger partial charge < -0.3 is 14.6 Å². The fraction of sp³-hybridized carbons (Fsp3) is 0.185. The van der Waals surface area contributed by atoms with E-state index in [2.05, 4.69) is 14.9 Å². The molecule has 7 nitrogen and oxygen atoms in total. The van der Waals surface area contributed by atoms with Crippen molar-refractivity contribution in [1.29, 1.82) is 0 Å². The van der Waals surface area contributed by atoms with Crippen LogP contribution in [0.15, 0.2) is 78.9 Å². The molecule has 0 unspecified atom stereocenters. The van der Waals surface area contributed by atoms with Crippen LogP contribution in [0.1, 0.15) is 37.0 Å². The molecule has 1 aliphatic carbocycles. The number of carboxylic acid groups (broad SMARTS) is 1. The molecule has 9 heteroatoms. The number of benzene rings is 3. The van der Waals surface area contributed by atoms with Crippen LogP contribution >= 0.6 is 11.5 Å². The summed E-state index contributed by atoms with van der Waals surface area (Å²) in [4.78, 5) is 23.9. The van der Waals surface area contributed by atoms with Crippen LogP contribution < -0.4 is 40.0 Å². The number of carbonyl (C=O) groups excluding carboxylic acids is 2. The molecule has 0 aliphatic heterocycles. The summed E-state index contributed by atoms with van der Waals surface area (Å²) >= 11 is 1.08. The smallest absolute Gasteiger partial charge is 0.549 e. The molecule has 1 N–H and O–H groups in total. The van der Waals surface area contributed by atoms with Gasteiger partial charge in [-0.3, -0.25) is 5.32 Å². The largest absolute Gasteiger partial charge is 1.00 e. The molecule has 0 spiro atoms. The normalized spacial score (nSPS) is 14.2. The second-order valence-electron chi connectivity index (χ2n) is 8.56. The van der Waals surface area contributed by atoms with E-state index in [9.17, 15) is 14.7 Å². The van der Waals surface area contributed by atoms with Gasteiger partial charge in [0.05, 0.1) is 5.97 Å². The van der Waals surface area contributed by atoms with Gasteiger partial charge in [0.15, 0.2) is 0 Å². The molecule has 36 heavy (non-hydrogen) atoms. The molecular weight excluding hydrogens is 485 g/mol. The average molecular weight is 508 g/mol. The molecule has 0 radical (unpaired) electrons. The number of amides is 1. The van der Waals surface area contributed by atoms with Crippen molar-refractivity contribution in [1.82, 2.24) is 9.59 Å². The van der Waals surface area contributed by atoms with Crippen LogP contribution in [0.25, 0.3) is 22.4 Å². The molecule has 176 valence electrons. The van der Waals surface area contributed by atoms with Gasteiger partial charge >= 0.3 is 35.7 Å². The maximum Gasteiger partial charge on any atom is 1.00 e. The molecule has 4 aromatic rings. The minimum absolute atomic E-state index is 0. The van der Waals surface area contributed by atoms with Gasteiger partial charge in [0.25, 0.3) is 0 Å². The van der Waals surface area contributed by atoms with E-state index < -0.39 is 23.6 Å². The van der Waals surface area contributed by atoms with E-state index in [1.165, 1.54) is 0 Å². The van der Waals surface area contributed by atoms with Gasteiger partial charge in [-0.2, -0.15) is 0 Å². The maximum atomic E-state index is 12.4. The fourth-order valence-corrected chi connectivity index (χ4v) is 4.65. The first kappa shape index (κ1) is 26.0. The molecule has 1 fully saturated rings. The van der Waals surface area contributed by atoms with Crippen molar-refractivity contribution in [2.24, 2.45) is 0 Å². The maximum absolute atomic E-state index is 12.4. The summed E-state index contributed by atoms with van der Waals surface area (Å²) in [5.41, 5.74) is 4.19. The molecule has 1 aromatic heterocycles. The van der Waals surface area contributed by atoms with Gasteiger partial charge in [0.1, 0.15) is 16.8 Å². The Kier molecular flexibility index (Phi) is 7.90. The van der Waals surface area contributed by atoms with Crippen molar-refractivity contribution in [3.05, 3.63) is 90.0 Å². The summed E-state index contributed by atoms with van der Waals surface area (Å²) in [6.45, 7) is 1.81. The fourth-order valence-electron chi connectivity index (χ4n) is 4.07. The third kappa shape index (κ3) is 5.37. The van der Waals surface area contributed by atoms with E-state index in [-0.39, 0.29) is 29.6 Å². The molecule has 5 rings (SSSR count). The number of hydrogen-bond donors (Lipinski definition) is 1. The van der Waals surface area contributed by atoms with Crippen LogP contribution in [0.3, 0.4) is 0 Å². The Morgan fingerprint density at radius 2 is 1.53 bits per heavy atom. The minimum atomic E-state index is -1.01. The predicted molar refractivity (Wildman–Crippen MR) is 132 cm³/mol. The number of rotatable bonds is 7. The Morgan fingerprint density at radius 3 is 2.11 bits per heavy atom. The van der Waals surface area contributed by atoms with E-state index in [0.29, 0.717) is 23.5 Å². The molecule has 1 aliphatic rings. The third-order valence-corrected chi connectivity index (χ3v) is 6.97. The van der Waals surface area contributed by atoms with Crippen LogP contribution in [0.5, 0.6) is 0 Å². The van der Waals surface area contributed by atoms with Crippen molar-refractivity contribution < 1.29 is 49.0 Å². The Hall–Kier alpha value is -3.04. The molecular formula is C27H22N3NaO4S. The average Bonchev–Trinajstić information content (AvgIpc) is 3.58. The molecule has 1 atom stereocenters. The first-order chi connectivity index (χ1) is 17.0. The Bertz CT molecular complexity index is 1350. The number of aliphatic carboxylic acids is 1. The number of ether oxygens (including phenoxy) is 1. The van der Waals surface area contributed by atoms with E-state index in [4.69, 9.17) is 4.74 Å². The van der Waals surface area contributed by atoms with E-state index >= 15 is 0 Å². The van der Waals surface area contributed by atoms with Crippen molar-refractivity contribution in [2.75, 3.05) is 5.32 Å². The van der Waals surface area contributed by atoms with Gasteiger partial charge in [0.2, 0.25) is 0 Å². The first-order valence-electron chi connectivity index (χ1n) is 11.2. The predicted octanol–water partition coefficient (Wildman–Crippen LogP) is 1.97. The third-order valence-electron chi connectivity index (χ3n) is 6.33. The second-order valence-corrected chi connectivity index (χ2v) is 9.31. The zero-order valence-electron chi connectivity index (χ0n) is 19.9. The molecule has 3 aromatic carbocycles. The minimum Gasteiger partial charge on any atom is -0.549 e. The van der Waals surface area contributed by atoms with Gasteiger partial charge in [-0.25, -0.2) is 4.79 Å². The summed E-state index contributed by atoms with van der Waals surface area (Å²) in [5.74, 6) is -1.01. The zero-order chi connectivity index (χ0) is 24.4. The van der Waals surface area contributed by atoms with Crippen molar-refractivity contribution in [3.63, 3.8) is 0 Å². The van der Waals surface area contributed by atoms with Crippen molar-refractivity contribution in [2.45, 2.75) is 31.3 Å². The Morgan fingerprint density at radius 1 is 0.944 bits per heavy atom. The quantitative estimate of drug-likeness (QED) is 0.384. The van der Waals surface area contributed by atoms with Crippen molar-refractivity contribution in [3.8, 4) is 22.4 Å². The monoisotopic (exact) mass is 507 g/mol. The summed E-state index contributed by atoms with van der Waals surface area (Å²) in [6.07, 6.45) is 0.281. The van der Waals surface area contributed by atoms with Gasteiger partial charge in [-0.05, 0) is 42.0 Å². The second kappa shape index (κ2) is 10.9. The first-order valence-corrected chi connectivity index (χ1v) is 12.0. The Balaban J connectivity index is 0.00000304. The summed E-state index contributed by atoms with van der Waals surface area (Å²) in [7, 11) is 0. The number of hydrogen-bond acceptors (Lipinski definition) is 7.